The third kappa shape index (κ3) is 3.19. The van der Waals surface area contributed by atoms with Gasteiger partial charge >= 0.3 is 0 Å². The minimum atomic E-state index is -0.680. The molecule has 1 aliphatic rings. The van der Waals surface area contributed by atoms with Crippen molar-refractivity contribution in [3.63, 3.8) is 0 Å². The molecule has 1 N–H and O–H groups in total. The van der Waals surface area contributed by atoms with Gasteiger partial charge in [0.25, 0.3) is 5.56 Å². The molecule has 0 saturated carbocycles. The molecule has 144 valence electrons. The van der Waals surface area contributed by atoms with E-state index in [9.17, 15) is 9.59 Å². The lowest BCUT2D eigenvalue weighted by atomic mass is 9.95. The second kappa shape index (κ2) is 7.19. The van der Waals surface area contributed by atoms with E-state index >= 15 is 0 Å². The molecule has 6 heteroatoms. The fourth-order valence-electron chi connectivity index (χ4n) is 3.71. The number of rotatable bonds is 3. The predicted octanol–water partition coefficient (Wildman–Crippen LogP) is 3.49. The van der Waals surface area contributed by atoms with Crippen molar-refractivity contribution in [3.8, 4) is 0 Å². The van der Waals surface area contributed by atoms with Crippen LogP contribution >= 0.6 is 0 Å². The Bertz CT molecular complexity index is 1130. The van der Waals surface area contributed by atoms with Gasteiger partial charge in [-0.05, 0) is 75.3 Å². The Balaban J connectivity index is 1.68. The van der Waals surface area contributed by atoms with Gasteiger partial charge in [-0.1, -0.05) is 12.1 Å². The average Bonchev–Trinajstić information content (AvgIpc) is 2.70. The van der Waals surface area contributed by atoms with E-state index < -0.39 is 6.04 Å². The van der Waals surface area contributed by atoms with Gasteiger partial charge in [-0.25, -0.2) is 9.97 Å². The summed E-state index contributed by atoms with van der Waals surface area (Å²) >= 11 is 0. The molecule has 0 bridgehead atoms. The van der Waals surface area contributed by atoms with E-state index in [1.54, 1.807) is 6.92 Å². The monoisotopic (exact) mass is 376 g/mol. The van der Waals surface area contributed by atoms with Crippen LogP contribution in [-0.4, -0.2) is 20.4 Å². The summed E-state index contributed by atoms with van der Waals surface area (Å²) in [6, 6.07) is 7.00. The summed E-state index contributed by atoms with van der Waals surface area (Å²) in [5.41, 5.74) is 5.29. The summed E-state index contributed by atoms with van der Waals surface area (Å²) in [4.78, 5) is 34.8. The third-order valence-electron chi connectivity index (χ3n) is 5.71. The van der Waals surface area contributed by atoms with Gasteiger partial charge in [0, 0.05) is 11.4 Å². The molecule has 2 aromatic heterocycles. The number of hydrogen-bond acceptors (Lipinski definition) is 4. The molecule has 0 aliphatic heterocycles. The smallest absolute Gasteiger partial charge is 0.263 e. The molecule has 4 rings (SSSR count). The summed E-state index contributed by atoms with van der Waals surface area (Å²) in [5.74, 6) is -0.247. The zero-order valence-electron chi connectivity index (χ0n) is 16.5. The molecule has 0 fully saturated rings. The normalized spacial score (nSPS) is 14.5. The number of hydrogen-bond donors (Lipinski definition) is 1. The van der Waals surface area contributed by atoms with E-state index in [-0.39, 0.29) is 11.5 Å². The lowest BCUT2D eigenvalue weighted by Gasteiger charge is -2.18. The number of pyridine rings is 1. The van der Waals surface area contributed by atoms with Crippen molar-refractivity contribution in [2.45, 2.75) is 52.5 Å². The van der Waals surface area contributed by atoms with Crippen LogP contribution in [0.2, 0.25) is 0 Å². The van der Waals surface area contributed by atoms with E-state index in [0.717, 1.165) is 53.8 Å². The Morgan fingerprint density at radius 2 is 2.00 bits per heavy atom. The van der Waals surface area contributed by atoms with Gasteiger partial charge in [0.15, 0.2) is 5.65 Å². The van der Waals surface area contributed by atoms with Crippen molar-refractivity contribution in [3.05, 3.63) is 63.3 Å². The highest BCUT2D eigenvalue weighted by molar-refractivity contribution is 5.94. The van der Waals surface area contributed by atoms with Crippen molar-refractivity contribution >= 4 is 22.6 Å². The van der Waals surface area contributed by atoms with Crippen LogP contribution in [0.5, 0.6) is 0 Å². The van der Waals surface area contributed by atoms with Crippen molar-refractivity contribution < 1.29 is 4.79 Å². The lowest BCUT2D eigenvalue weighted by molar-refractivity contribution is -0.118. The first-order valence-corrected chi connectivity index (χ1v) is 9.72. The van der Waals surface area contributed by atoms with E-state index in [1.807, 2.05) is 38.1 Å². The zero-order valence-corrected chi connectivity index (χ0v) is 16.5. The van der Waals surface area contributed by atoms with Gasteiger partial charge in [0.1, 0.15) is 12.4 Å². The van der Waals surface area contributed by atoms with Gasteiger partial charge in [0.05, 0.1) is 5.39 Å². The van der Waals surface area contributed by atoms with E-state index in [0.29, 0.717) is 11.0 Å². The highest BCUT2D eigenvalue weighted by Gasteiger charge is 2.20. The molecular weight excluding hydrogens is 352 g/mol. The van der Waals surface area contributed by atoms with Crippen molar-refractivity contribution in [2.75, 3.05) is 5.32 Å². The Kier molecular flexibility index (Phi) is 4.71. The second-order valence-electron chi connectivity index (χ2n) is 7.54. The van der Waals surface area contributed by atoms with Gasteiger partial charge in [-0.2, -0.15) is 0 Å². The van der Waals surface area contributed by atoms with Gasteiger partial charge in [-0.3, -0.25) is 14.2 Å². The summed E-state index contributed by atoms with van der Waals surface area (Å²) in [7, 11) is 0. The number of carbonyl (C=O) groups is 1. The quantitative estimate of drug-likeness (QED) is 0.759. The van der Waals surface area contributed by atoms with Crippen molar-refractivity contribution in [2.24, 2.45) is 0 Å². The number of benzene rings is 1. The first-order chi connectivity index (χ1) is 13.5. The minimum absolute atomic E-state index is 0.227. The van der Waals surface area contributed by atoms with E-state index in [2.05, 4.69) is 15.3 Å². The van der Waals surface area contributed by atoms with Gasteiger partial charge in [-0.15, -0.1) is 0 Å². The number of aromatic nitrogens is 3. The Hall–Kier alpha value is -3.02. The van der Waals surface area contributed by atoms with Gasteiger partial charge in [0.2, 0.25) is 5.91 Å². The van der Waals surface area contributed by atoms with E-state index in [1.165, 1.54) is 10.9 Å². The first-order valence-electron chi connectivity index (χ1n) is 9.72. The standard InChI is InChI=1S/C22H24N4O2/c1-13-7-6-10-18(14(13)2)25-21(27)15(3)26-12-23-20-17(22(26)28)11-16-8-4-5-9-19(16)24-20/h6-7,10-12,15H,4-5,8-9H2,1-3H3,(H,25,27). The van der Waals surface area contributed by atoms with E-state index in [4.69, 9.17) is 0 Å². The molecule has 1 atom stereocenters. The van der Waals surface area contributed by atoms with Crippen LogP contribution in [0.1, 0.15) is 48.2 Å². The fourth-order valence-corrected chi connectivity index (χ4v) is 3.71. The highest BCUT2D eigenvalue weighted by atomic mass is 16.2. The minimum Gasteiger partial charge on any atom is -0.324 e. The largest absolute Gasteiger partial charge is 0.324 e. The number of aryl methyl sites for hydroxylation is 3. The number of anilines is 1. The maximum absolute atomic E-state index is 13.0. The van der Waals surface area contributed by atoms with Crippen LogP contribution in [0.25, 0.3) is 11.0 Å². The zero-order chi connectivity index (χ0) is 19.8. The molecule has 1 aromatic carbocycles. The lowest BCUT2D eigenvalue weighted by Crippen LogP contribution is -2.32. The second-order valence-corrected chi connectivity index (χ2v) is 7.54. The fraction of sp³-hybridized carbons (Fsp3) is 0.364. The molecule has 0 radical (unpaired) electrons. The first kappa shape index (κ1) is 18.3. The molecule has 1 unspecified atom stereocenters. The van der Waals surface area contributed by atoms with Crippen LogP contribution < -0.4 is 10.9 Å². The summed E-state index contributed by atoms with van der Waals surface area (Å²) in [6.07, 6.45) is 5.54. The molecule has 1 aliphatic carbocycles. The molecule has 6 nitrogen and oxygen atoms in total. The maximum Gasteiger partial charge on any atom is 0.263 e. The number of nitrogens with one attached hydrogen (secondary N) is 1. The molecule has 0 saturated heterocycles. The number of amides is 1. The number of nitrogens with zero attached hydrogens (tertiary/aromatic N) is 3. The molecule has 0 spiro atoms. The van der Waals surface area contributed by atoms with Gasteiger partial charge < -0.3 is 5.32 Å². The Labute approximate surface area is 163 Å². The Morgan fingerprint density at radius 1 is 1.21 bits per heavy atom. The Morgan fingerprint density at radius 3 is 2.82 bits per heavy atom. The topological polar surface area (TPSA) is 76.9 Å². The molecule has 1 amide bonds. The molecular formula is C22H24N4O2. The summed E-state index contributed by atoms with van der Waals surface area (Å²) in [6.45, 7) is 5.68. The molecule has 2 heterocycles. The SMILES string of the molecule is Cc1cccc(NC(=O)C(C)n2cnc3nc4c(cc3c2=O)CCCC4)c1C. The molecule has 28 heavy (non-hydrogen) atoms. The summed E-state index contributed by atoms with van der Waals surface area (Å²) < 4.78 is 1.39. The highest BCUT2D eigenvalue weighted by Crippen LogP contribution is 2.22. The predicted molar refractivity (Wildman–Crippen MR) is 110 cm³/mol. The van der Waals surface area contributed by atoms with Crippen LogP contribution in [0.15, 0.2) is 35.4 Å². The van der Waals surface area contributed by atoms with Crippen LogP contribution in [0.4, 0.5) is 5.69 Å². The van der Waals surface area contributed by atoms with Crippen LogP contribution in [-0.2, 0) is 17.6 Å². The molecule has 3 aromatic rings. The van der Waals surface area contributed by atoms with Crippen LogP contribution in [0, 0.1) is 13.8 Å². The van der Waals surface area contributed by atoms with Crippen molar-refractivity contribution in [1.29, 1.82) is 0 Å². The number of carbonyl (C=O) groups excluding carboxylic acids is 1. The average molecular weight is 376 g/mol. The number of fused-ring (bicyclic) bond motifs is 2. The van der Waals surface area contributed by atoms with Crippen LogP contribution in [0.3, 0.4) is 0 Å². The summed E-state index contributed by atoms with van der Waals surface area (Å²) in [5, 5.41) is 3.41. The third-order valence-corrected chi connectivity index (χ3v) is 5.71. The van der Waals surface area contributed by atoms with Crippen molar-refractivity contribution in [1.82, 2.24) is 14.5 Å². The maximum atomic E-state index is 13.0.